The van der Waals surface area contributed by atoms with E-state index in [1.165, 1.54) is 11.8 Å². The lowest BCUT2D eigenvalue weighted by Gasteiger charge is -2.37. The van der Waals surface area contributed by atoms with Crippen LogP contribution < -0.4 is 5.32 Å². The normalized spacial score (nSPS) is 27.2. The van der Waals surface area contributed by atoms with Crippen LogP contribution in [0.3, 0.4) is 0 Å². The van der Waals surface area contributed by atoms with Crippen LogP contribution >= 0.6 is 35.0 Å². The number of aliphatic imine (C=N–C) groups is 1. The molecule has 3 aliphatic heterocycles. The summed E-state index contributed by atoms with van der Waals surface area (Å²) in [4.78, 5) is 36.3. The Labute approximate surface area is 255 Å². The zero-order valence-electron chi connectivity index (χ0n) is 23.7. The molecule has 0 spiro atoms. The number of amidine groups is 1. The quantitative estimate of drug-likeness (QED) is 0.272. The minimum absolute atomic E-state index is 0.0175. The lowest BCUT2D eigenvalue weighted by Crippen LogP contribution is -2.63. The first-order valence-electron chi connectivity index (χ1n) is 13.9. The summed E-state index contributed by atoms with van der Waals surface area (Å²) in [7, 11) is 0. The van der Waals surface area contributed by atoms with E-state index in [4.69, 9.17) is 33.5 Å². The molecule has 2 aromatic carbocycles. The Morgan fingerprint density at radius 2 is 1.80 bits per heavy atom. The van der Waals surface area contributed by atoms with Crippen LogP contribution in [-0.4, -0.2) is 45.6 Å². The third-order valence-electron chi connectivity index (χ3n) is 8.49. The minimum Gasteiger partial charge on any atom is -0.313 e. The summed E-state index contributed by atoms with van der Waals surface area (Å²) in [5, 5.41) is 13.9. The maximum Gasteiger partial charge on any atom is 0.424 e. The minimum atomic E-state index is -0.669. The molecule has 0 radical (unpaired) electrons. The van der Waals surface area contributed by atoms with Crippen LogP contribution in [0.4, 0.5) is 4.79 Å². The van der Waals surface area contributed by atoms with E-state index < -0.39 is 5.54 Å². The number of hydrogen-bond acceptors (Lipinski definition) is 6. The van der Waals surface area contributed by atoms with Crippen molar-refractivity contribution in [2.45, 2.75) is 64.6 Å². The van der Waals surface area contributed by atoms with Crippen LogP contribution in [0.2, 0.25) is 10.0 Å². The highest BCUT2D eigenvalue weighted by molar-refractivity contribution is 8.18. The van der Waals surface area contributed by atoms with Crippen LogP contribution in [0.1, 0.15) is 64.1 Å². The van der Waals surface area contributed by atoms with Gasteiger partial charge in [0.2, 0.25) is 0 Å². The Bertz CT molecular complexity index is 1470. The number of likely N-dealkylation sites (tertiary alicyclic amines) is 1. The molecule has 0 aromatic heterocycles. The number of hydrogen-bond donors (Lipinski definition) is 1. The van der Waals surface area contributed by atoms with Gasteiger partial charge in [0, 0.05) is 35.1 Å². The van der Waals surface area contributed by atoms with Crippen LogP contribution in [0, 0.1) is 17.2 Å². The lowest BCUT2D eigenvalue weighted by molar-refractivity contribution is -0.782. The SMILES string of the molecule is CC(C)C1=C(C(=O)[N+]2(C(=O)NCCC#N)CCC[C@H]2C)SC2=N[C@@](C)(c3ccc(Cl)cc3)[C@@H](c3ccc(Cl)cc3)N21. The average Bonchev–Trinajstić information content (AvgIpc) is 3.59. The number of nitrogens with zero attached hydrogens (tertiary/aromatic N) is 4. The van der Waals surface area contributed by atoms with Crippen molar-refractivity contribution in [2.24, 2.45) is 10.9 Å². The van der Waals surface area contributed by atoms with E-state index in [1.54, 1.807) is 0 Å². The fourth-order valence-corrected chi connectivity index (χ4v) is 8.05. The third-order valence-corrected chi connectivity index (χ3v) is 10.1. The lowest BCUT2D eigenvalue weighted by atomic mass is 9.81. The van der Waals surface area contributed by atoms with Crippen LogP contribution in [0.15, 0.2) is 64.1 Å². The molecule has 7 nitrogen and oxygen atoms in total. The second kappa shape index (κ2) is 11.4. The van der Waals surface area contributed by atoms with Crippen molar-refractivity contribution in [2.75, 3.05) is 13.1 Å². The Balaban J connectivity index is 1.63. The van der Waals surface area contributed by atoms with Crippen LogP contribution in [0.25, 0.3) is 0 Å². The Morgan fingerprint density at radius 3 is 2.37 bits per heavy atom. The molecular weight excluding hydrogens is 577 g/mol. The second-order valence-corrected chi connectivity index (χ2v) is 13.2. The number of urea groups is 1. The predicted octanol–water partition coefficient (Wildman–Crippen LogP) is 7.38. The molecule has 4 atom stereocenters. The van der Waals surface area contributed by atoms with Gasteiger partial charge in [-0.3, -0.25) is 0 Å². The summed E-state index contributed by atoms with van der Waals surface area (Å²) in [6, 6.07) is 16.9. The summed E-state index contributed by atoms with van der Waals surface area (Å²) >= 11 is 13.9. The van der Waals surface area contributed by atoms with Gasteiger partial charge < -0.3 is 10.2 Å². The van der Waals surface area contributed by atoms with Crippen molar-refractivity contribution in [3.8, 4) is 6.07 Å². The molecule has 5 rings (SSSR count). The fraction of sp³-hybridized carbons (Fsp3) is 0.419. The number of nitrogens with one attached hydrogen (secondary N) is 1. The van der Waals surface area contributed by atoms with Crippen molar-refractivity contribution < 1.29 is 14.1 Å². The Morgan fingerprint density at radius 1 is 1.17 bits per heavy atom. The molecule has 214 valence electrons. The smallest absolute Gasteiger partial charge is 0.313 e. The zero-order chi connectivity index (χ0) is 29.5. The van der Waals surface area contributed by atoms with Gasteiger partial charge >= 0.3 is 11.9 Å². The van der Waals surface area contributed by atoms with Crippen LogP contribution in [-0.2, 0) is 10.3 Å². The van der Waals surface area contributed by atoms with Gasteiger partial charge in [-0.05, 0) is 66.9 Å². The first-order valence-corrected chi connectivity index (χ1v) is 15.5. The summed E-state index contributed by atoms with van der Waals surface area (Å²) in [5.41, 5.74) is 2.23. The molecule has 1 saturated heterocycles. The number of carbonyl (C=O) groups excluding carboxylic acids is 2. The molecule has 0 aliphatic carbocycles. The predicted molar refractivity (Wildman–Crippen MR) is 164 cm³/mol. The number of halogens is 2. The Hall–Kier alpha value is -2.83. The fourth-order valence-electron chi connectivity index (χ4n) is 6.38. The molecule has 1 unspecified atom stereocenters. The van der Waals surface area contributed by atoms with Crippen molar-refractivity contribution in [3.63, 3.8) is 0 Å². The number of quaternary nitrogens is 1. The van der Waals surface area contributed by atoms with Crippen molar-refractivity contribution in [1.82, 2.24) is 10.2 Å². The molecule has 2 aromatic rings. The molecule has 1 N–H and O–H groups in total. The molecule has 41 heavy (non-hydrogen) atoms. The number of rotatable bonds is 6. The van der Waals surface area contributed by atoms with E-state index in [0.29, 0.717) is 21.5 Å². The van der Waals surface area contributed by atoms with Gasteiger partial charge in [0.05, 0.1) is 25.1 Å². The van der Waals surface area contributed by atoms with Gasteiger partial charge in [-0.15, -0.1) is 0 Å². The Kier molecular flexibility index (Phi) is 8.28. The van der Waals surface area contributed by atoms with Gasteiger partial charge in [0.25, 0.3) is 0 Å². The number of nitriles is 1. The van der Waals surface area contributed by atoms with E-state index >= 15 is 0 Å². The number of carbonyl (C=O) groups is 2. The summed E-state index contributed by atoms with van der Waals surface area (Å²) in [5.74, 6) is -0.213. The molecule has 1 fully saturated rings. The summed E-state index contributed by atoms with van der Waals surface area (Å²) in [6.07, 6.45) is 1.75. The largest absolute Gasteiger partial charge is 0.424 e. The molecule has 3 aliphatic rings. The van der Waals surface area contributed by atoms with E-state index in [2.05, 4.69) is 37.1 Å². The van der Waals surface area contributed by atoms with Crippen molar-refractivity contribution >= 4 is 52.1 Å². The third kappa shape index (κ3) is 4.97. The van der Waals surface area contributed by atoms with E-state index in [0.717, 1.165) is 34.8 Å². The maximum atomic E-state index is 14.6. The first kappa shape index (κ1) is 29.7. The molecule has 10 heteroatoms. The topological polar surface area (TPSA) is 85.6 Å². The number of fused-ring (bicyclic) bond motifs is 1. The van der Waals surface area contributed by atoms with E-state index in [9.17, 15) is 9.59 Å². The zero-order valence-corrected chi connectivity index (χ0v) is 26.0. The number of amides is 3. The highest BCUT2D eigenvalue weighted by atomic mass is 35.5. The van der Waals surface area contributed by atoms with Gasteiger partial charge in [-0.2, -0.15) is 9.74 Å². The highest BCUT2D eigenvalue weighted by Gasteiger charge is 2.59. The monoisotopic (exact) mass is 610 g/mol. The molecule has 0 bridgehead atoms. The molecule has 0 saturated carbocycles. The van der Waals surface area contributed by atoms with E-state index in [-0.39, 0.29) is 47.4 Å². The molecule has 3 heterocycles. The summed E-state index contributed by atoms with van der Waals surface area (Å²) < 4.78 is -0.287. The molecule has 3 amide bonds. The average molecular weight is 612 g/mol. The second-order valence-electron chi connectivity index (χ2n) is 11.4. The van der Waals surface area contributed by atoms with Gasteiger partial charge in [-0.25, -0.2) is 14.6 Å². The van der Waals surface area contributed by atoms with E-state index in [1.807, 2.05) is 55.5 Å². The number of benzene rings is 2. The van der Waals surface area contributed by atoms with Crippen molar-refractivity contribution in [3.05, 3.63) is 80.3 Å². The van der Waals surface area contributed by atoms with Gasteiger partial charge in [0.1, 0.15) is 16.5 Å². The molecular formula is C31H34Cl2N5O2S+. The summed E-state index contributed by atoms with van der Waals surface area (Å²) in [6.45, 7) is 8.89. The number of imide groups is 1. The van der Waals surface area contributed by atoms with Crippen molar-refractivity contribution in [1.29, 1.82) is 5.26 Å². The van der Waals surface area contributed by atoms with Gasteiger partial charge in [-0.1, -0.05) is 61.3 Å². The standard InChI is InChI=1S/C31H33Cl2N5O2S/c1-19(2)25-26(28(39)38(18-5-7-20(38)3)30(40)35-17-6-16-34)41-29-36-31(4,22-10-14-24(33)15-11-22)27(37(25)29)21-8-12-23(32)13-9-21/h8-15,19-20,27H,5-7,17-18H2,1-4H3/p+1/t20-,27-,31+,38?/m1/s1. The van der Waals surface area contributed by atoms with Gasteiger partial charge in [0.15, 0.2) is 5.17 Å². The highest BCUT2D eigenvalue weighted by Crippen LogP contribution is 2.56. The maximum absolute atomic E-state index is 14.6. The first-order chi connectivity index (χ1) is 19.5. The number of thioether (sulfide) groups is 1. The number of allylic oxidation sites excluding steroid dienone is 1. The van der Waals surface area contributed by atoms with Crippen LogP contribution in [0.5, 0.6) is 0 Å².